The van der Waals surface area contributed by atoms with Crippen LogP contribution in [0.15, 0.2) is 84.2 Å². The number of benzene rings is 2. The summed E-state index contributed by atoms with van der Waals surface area (Å²) in [4.78, 5) is 6.84. The number of nitrogens with zero attached hydrogens (tertiary/aromatic N) is 4. The van der Waals surface area contributed by atoms with Crippen molar-refractivity contribution >= 4 is 5.71 Å². The molecule has 4 heterocycles. The summed E-state index contributed by atoms with van der Waals surface area (Å²) in [6.45, 7) is 2.98. The maximum atomic E-state index is 6.73. The molecular formula is C26H26N4O. The van der Waals surface area contributed by atoms with Crippen molar-refractivity contribution in [3.05, 3.63) is 95.8 Å². The molecule has 0 bridgehead atoms. The third-order valence-corrected chi connectivity index (χ3v) is 6.79. The number of likely N-dealkylation sites (tertiary alicyclic amines) is 1. The molecular weight excluding hydrogens is 384 g/mol. The normalized spacial score (nSPS) is 21.9. The number of aromatic nitrogens is 1. The van der Waals surface area contributed by atoms with E-state index >= 15 is 0 Å². The molecule has 1 fully saturated rings. The summed E-state index contributed by atoms with van der Waals surface area (Å²) < 4.78 is 6.73. The highest BCUT2D eigenvalue weighted by molar-refractivity contribution is 6.01. The minimum Gasteiger partial charge on any atom is -0.466 e. The minimum atomic E-state index is -0.379. The van der Waals surface area contributed by atoms with Crippen LogP contribution in [-0.4, -0.2) is 39.4 Å². The molecule has 1 atom stereocenters. The molecule has 2 aromatic carbocycles. The second-order valence-corrected chi connectivity index (χ2v) is 8.70. The Hall–Kier alpha value is -3.18. The van der Waals surface area contributed by atoms with E-state index in [4.69, 9.17) is 9.84 Å². The first kappa shape index (κ1) is 18.6. The molecule has 0 aliphatic carbocycles. The number of para-hydroxylation sites is 1. The summed E-state index contributed by atoms with van der Waals surface area (Å²) in [5.41, 5.74) is 4.43. The van der Waals surface area contributed by atoms with Crippen molar-refractivity contribution in [2.24, 2.45) is 5.10 Å². The van der Waals surface area contributed by atoms with Gasteiger partial charge in [0.05, 0.1) is 11.8 Å². The second kappa shape index (κ2) is 7.50. The zero-order valence-corrected chi connectivity index (χ0v) is 17.5. The lowest BCUT2D eigenvalue weighted by atomic mass is 9.90. The van der Waals surface area contributed by atoms with Gasteiger partial charge in [-0.3, -0.25) is 9.88 Å². The Morgan fingerprint density at radius 3 is 2.55 bits per heavy atom. The molecule has 0 radical (unpaired) electrons. The maximum absolute atomic E-state index is 6.73. The molecule has 1 saturated heterocycles. The van der Waals surface area contributed by atoms with Crippen molar-refractivity contribution in [2.75, 3.05) is 13.1 Å². The van der Waals surface area contributed by atoms with Gasteiger partial charge in [-0.15, -0.1) is 0 Å². The number of hydrazone groups is 1. The number of pyridine rings is 1. The summed E-state index contributed by atoms with van der Waals surface area (Å²) in [6.07, 6.45) is 6.50. The van der Waals surface area contributed by atoms with Crippen molar-refractivity contribution in [3.8, 4) is 5.75 Å². The molecule has 3 aliphatic rings. The second-order valence-electron chi connectivity index (χ2n) is 8.70. The van der Waals surface area contributed by atoms with Crippen LogP contribution in [0, 0.1) is 0 Å². The zero-order valence-electron chi connectivity index (χ0n) is 17.5. The minimum absolute atomic E-state index is 0.223. The Kier molecular flexibility index (Phi) is 4.50. The summed E-state index contributed by atoms with van der Waals surface area (Å²) in [5.74, 6) is 1.02. The highest BCUT2D eigenvalue weighted by Crippen LogP contribution is 2.49. The summed E-state index contributed by atoms with van der Waals surface area (Å²) in [7, 11) is 0. The van der Waals surface area contributed by atoms with Gasteiger partial charge < -0.3 is 4.74 Å². The van der Waals surface area contributed by atoms with E-state index in [-0.39, 0.29) is 11.8 Å². The van der Waals surface area contributed by atoms with E-state index in [0.29, 0.717) is 0 Å². The smallest absolute Gasteiger partial charge is 0.200 e. The average Bonchev–Trinajstić information content (AvgIpc) is 3.29. The molecule has 1 spiro atoms. The van der Waals surface area contributed by atoms with Gasteiger partial charge in [-0.2, -0.15) is 5.10 Å². The van der Waals surface area contributed by atoms with Crippen LogP contribution in [0.4, 0.5) is 0 Å². The van der Waals surface area contributed by atoms with Crippen LogP contribution >= 0.6 is 0 Å². The molecule has 3 aliphatic heterocycles. The van der Waals surface area contributed by atoms with Crippen molar-refractivity contribution in [1.29, 1.82) is 0 Å². The van der Waals surface area contributed by atoms with Crippen LogP contribution in [0.25, 0.3) is 0 Å². The lowest BCUT2D eigenvalue weighted by Gasteiger charge is -2.51. The van der Waals surface area contributed by atoms with Crippen LogP contribution < -0.4 is 4.74 Å². The van der Waals surface area contributed by atoms with E-state index in [0.717, 1.165) is 55.9 Å². The van der Waals surface area contributed by atoms with E-state index in [1.54, 1.807) is 0 Å². The number of ether oxygens (including phenoxy) is 1. The standard InChI is InChI=1S/C26H26N4O/c1-2-7-20(8-3-1)19-29-15-12-26(13-16-29)30-24(22-10-4-5-11-25(22)31-26)17-23(28-30)21-9-6-14-27-18-21/h1-11,14,18,24H,12-13,15-17,19H2/t24-/m0/s1. The Labute approximate surface area is 183 Å². The molecule has 31 heavy (non-hydrogen) atoms. The number of rotatable bonds is 3. The van der Waals surface area contributed by atoms with E-state index in [1.165, 1.54) is 11.1 Å². The third kappa shape index (κ3) is 3.29. The molecule has 6 rings (SSSR count). The fourth-order valence-corrected chi connectivity index (χ4v) is 5.17. The van der Waals surface area contributed by atoms with Gasteiger partial charge in [-0.25, -0.2) is 5.01 Å². The number of piperidine rings is 1. The third-order valence-electron chi connectivity index (χ3n) is 6.79. The van der Waals surface area contributed by atoms with Crippen LogP contribution in [0.5, 0.6) is 5.75 Å². The van der Waals surface area contributed by atoms with Gasteiger partial charge in [0.1, 0.15) is 5.75 Å². The maximum Gasteiger partial charge on any atom is 0.200 e. The summed E-state index contributed by atoms with van der Waals surface area (Å²) >= 11 is 0. The molecule has 1 aromatic heterocycles. The Morgan fingerprint density at radius 2 is 1.74 bits per heavy atom. The zero-order chi connectivity index (χ0) is 20.7. The van der Waals surface area contributed by atoms with Crippen molar-refractivity contribution in [2.45, 2.75) is 37.6 Å². The molecule has 0 unspecified atom stereocenters. The molecule has 0 saturated carbocycles. The van der Waals surface area contributed by atoms with Crippen molar-refractivity contribution in [3.63, 3.8) is 0 Å². The van der Waals surface area contributed by atoms with Gasteiger partial charge >= 0.3 is 0 Å². The van der Waals surface area contributed by atoms with Crippen LogP contribution in [-0.2, 0) is 6.54 Å². The first-order valence-electron chi connectivity index (χ1n) is 11.1. The summed E-state index contributed by atoms with van der Waals surface area (Å²) in [6, 6.07) is 23.5. The van der Waals surface area contributed by atoms with E-state index < -0.39 is 0 Å². The Bertz CT molecular complexity index is 1090. The number of hydrogen-bond donors (Lipinski definition) is 0. The van der Waals surface area contributed by atoms with Gasteiger partial charge in [0.25, 0.3) is 0 Å². The van der Waals surface area contributed by atoms with Gasteiger partial charge in [0.2, 0.25) is 5.72 Å². The summed E-state index contributed by atoms with van der Waals surface area (Å²) in [5, 5.41) is 7.41. The average molecular weight is 411 g/mol. The Morgan fingerprint density at radius 1 is 0.935 bits per heavy atom. The Balaban J connectivity index is 1.29. The number of fused-ring (bicyclic) bond motifs is 4. The SMILES string of the molecule is c1ccc(CN2CCC3(CC2)Oc2ccccc2[C@@H]2CC(c4cccnc4)=NN23)cc1. The molecule has 5 heteroatoms. The molecule has 0 N–H and O–H groups in total. The van der Waals surface area contributed by atoms with Gasteiger partial charge in [0, 0.05) is 62.4 Å². The largest absolute Gasteiger partial charge is 0.466 e. The predicted octanol–water partition coefficient (Wildman–Crippen LogP) is 4.62. The van der Waals surface area contributed by atoms with Gasteiger partial charge in [-0.1, -0.05) is 54.6 Å². The fourth-order valence-electron chi connectivity index (χ4n) is 5.17. The van der Waals surface area contributed by atoms with E-state index in [1.807, 2.05) is 18.5 Å². The highest BCUT2D eigenvalue weighted by Gasteiger charge is 2.51. The molecule has 0 amide bonds. The highest BCUT2D eigenvalue weighted by atomic mass is 16.5. The van der Waals surface area contributed by atoms with Crippen LogP contribution in [0.2, 0.25) is 0 Å². The van der Waals surface area contributed by atoms with E-state index in [2.05, 4.69) is 75.6 Å². The quantitative estimate of drug-likeness (QED) is 0.632. The predicted molar refractivity (Wildman–Crippen MR) is 121 cm³/mol. The lowest BCUT2D eigenvalue weighted by molar-refractivity contribution is -0.150. The van der Waals surface area contributed by atoms with Crippen molar-refractivity contribution in [1.82, 2.24) is 14.9 Å². The van der Waals surface area contributed by atoms with E-state index in [9.17, 15) is 0 Å². The lowest BCUT2D eigenvalue weighted by Crippen LogP contribution is -2.59. The fraction of sp³-hybridized carbons (Fsp3) is 0.308. The van der Waals surface area contributed by atoms with Gasteiger partial charge in [0.15, 0.2) is 0 Å². The first-order valence-corrected chi connectivity index (χ1v) is 11.1. The monoisotopic (exact) mass is 410 g/mol. The van der Waals surface area contributed by atoms with Gasteiger partial charge in [-0.05, 0) is 17.7 Å². The topological polar surface area (TPSA) is 41.0 Å². The number of hydrogen-bond acceptors (Lipinski definition) is 5. The molecule has 3 aromatic rings. The van der Waals surface area contributed by atoms with Crippen LogP contribution in [0.1, 0.15) is 42.0 Å². The first-order chi connectivity index (χ1) is 15.3. The molecule has 156 valence electrons. The van der Waals surface area contributed by atoms with Crippen LogP contribution in [0.3, 0.4) is 0 Å². The van der Waals surface area contributed by atoms with Crippen molar-refractivity contribution < 1.29 is 4.74 Å². The molecule has 5 nitrogen and oxygen atoms in total.